The van der Waals surface area contributed by atoms with E-state index in [0.717, 1.165) is 37.1 Å². The van der Waals surface area contributed by atoms with E-state index in [0.29, 0.717) is 5.09 Å². The van der Waals surface area contributed by atoms with Gasteiger partial charge in [-0.15, -0.1) is 0 Å². The minimum absolute atomic E-state index is 0.182. The first kappa shape index (κ1) is 14.7. The Hall–Kier alpha value is -1.88. The Morgan fingerprint density at radius 1 is 1.09 bits per heavy atom. The van der Waals surface area contributed by atoms with Gasteiger partial charge in [-0.25, -0.2) is 4.79 Å². The molecule has 0 saturated heterocycles. The maximum Gasteiger partial charge on any atom is 0.329 e. The minimum atomic E-state index is -0.182. The van der Waals surface area contributed by atoms with Gasteiger partial charge < -0.3 is 9.73 Å². The number of benzene rings is 1. The number of hydrogen-bond acceptors (Lipinski definition) is 3. The number of anilines is 1. The number of carbonyl (C=O) groups excluding carboxylic acids is 1. The average Bonchev–Trinajstić information content (AvgIpc) is 3.24. The lowest BCUT2D eigenvalue weighted by Crippen LogP contribution is -2.24. The minimum Gasteiger partial charge on any atom is -0.453 e. The van der Waals surface area contributed by atoms with E-state index in [1.165, 1.54) is 47.0 Å². The quantitative estimate of drug-likeness (QED) is 0.821. The summed E-state index contributed by atoms with van der Waals surface area (Å²) in [5, 5.41) is 3.80. The summed E-state index contributed by atoms with van der Waals surface area (Å²) in [6, 6.07) is 5.93. The van der Waals surface area contributed by atoms with Crippen LogP contribution >= 0.6 is 11.9 Å². The van der Waals surface area contributed by atoms with Crippen LogP contribution in [0.1, 0.15) is 40.9 Å². The molecule has 0 radical (unpaired) electrons. The molecule has 0 atom stereocenters. The highest BCUT2D eigenvalue weighted by Gasteiger charge is 2.24. The number of amides is 2. The summed E-state index contributed by atoms with van der Waals surface area (Å²) >= 11 is 1.21. The first-order chi connectivity index (χ1) is 11.2. The van der Waals surface area contributed by atoms with Gasteiger partial charge in [-0.3, -0.25) is 4.72 Å². The molecule has 4 rings (SSSR count). The molecule has 2 N–H and O–H groups in total. The Labute approximate surface area is 140 Å². The topological polar surface area (TPSA) is 54.3 Å². The third-order valence-corrected chi connectivity index (χ3v) is 5.38. The van der Waals surface area contributed by atoms with Gasteiger partial charge in [0.1, 0.15) is 5.76 Å². The van der Waals surface area contributed by atoms with Crippen molar-refractivity contribution in [2.24, 2.45) is 0 Å². The van der Waals surface area contributed by atoms with E-state index in [-0.39, 0.29) is 6.03 Å². The molecule has 0 spiro atoms. The largest absolute Gasteiger partial charge is 0.453 e. The predicted octanol–water partition coefficient (Wildman–Crippen LogP) is 4.39. The van der Waals surface area contributed by atoms with E-state index in [1.54, 1.807) is 0 Å². The smallest absolute Gasteiger partial charge is 0.329 e. The van der Waals surface area contributed by atoms with Crippen LogP contribution in [0.4, 0.5) is 10.5 Å². The lowest BCUT2D eigenvalue weighted by atomic mass is 9.99. The molecule has 0 fully saturated rings. The zero-order valence-corrected chi connectivity index (χ0v) is 14.0. The molecule has 2 aliphatic carbocycles. The van der Waals surface area contributed by atoms with Crippen molar-refractivity contribution in [2.45, 2.75) is 50.5 Å². The van der Waals surface area contributed by atoms with Crippen molar-refractivity contribution in [2.75, 3.05) is 5.32 Å². The fourth-order valence-electron chi connectivity index (χ4n) is 3.67. The summed E-state index contributed by atoms with van der Waals surface area (Å²) in [6.45, 7) is 1.89. The molecule has 5 heteroatoms. The number of nitrogens with one attached hydrogen (secondary N) is 2. The number of hydrogen-bond donors (Lipinski definition) is 2. The lowest BCUT2D eigenvalue weighted by Gasteiger charge is -2.16. The molecular weight excluding hydrogens is 308 g/mol. The molecule has 0 aliphatic heterocycles. The highest BCUT2D eigenvalue weighted by atomic mass is 32.2. The third kappa shape index (κ3) is 2.85. The maximum absolute atomic E-state index is 12.3. The number of furan rings is 1. The van der Waals surface area contributed by atoms with Crippen molar-refractivity contribution in [1.29, 1.82) is 0 Å². The monoisotopic (exact) mass is 328 g/mol. The SMILES string of the molecule is Cc1ccc(SNC(=O)Nc2c3c(cc4c2CCC4)CCC3)o1. The molecule has 2 aliphatic rings. The van der Waals surface area contributed by atoms with Crippen molar-refractivity contribution in [3.8, 4) is 0 Å². The summed E-state index contributed by atoms with van der Waals surface area (Å²) < 4.78 is 8.27. The van der Waals surface area contributed by atoms with Gasteiger partial charge in [0.15, 0.2) is 5.09 Å². The standard InChI is InChI=1S/C18H20N2O2S/c1-11-8-9-16(22-11)23-20-18(21)19-17-14-6-2-4-12(14)10-13-5-3-7-15(13)17/h8-10H,2-7H2,1H3,(H2,19,20,21). The Bertz CT molecular complexity index is 734. The van der Waals surface area contributed by atoms with Crippen LogP contribution in [0, 0.1) is 6.92 Å². The molecule has 120 valence electrons. The van der Waals surface area contributed by atoms with Gasteiger partial charge in [-0.1, -0.05) is 6.07 Å². The number of aryl methyl sites for hydroxylation is 3. The van der Waals surface area contributed by atoms with Gasteiger partial charge in [0.25, 0.3) is 0 Å². The van der Waals surface area contributed by atoms with Crippen molar-refractivity contribution < 1.29 is 9.21 Å². The Morgan fingerprint density at radius 3 is 2.39 bits per heavy atom. The van der Waals surface area contributed by atoms with Crippen LogP contribution in [0.3, 0.4) is 0 Å². The second-order valence-electron chi connectivity index (χ2n) is 6.26. The summed E-state index contributed by atoms with van der Waals surface area (Å²) in [5.74, 6) is 0.841. The van der Waals surface area contributed by atoms with Gasteiger partial charge in [0, 0.05) is 17.6 Å². The number of rotatable bonds is 3. The van der Waals surface area contributed by atoms with Gasteiger partial charge in [-0.2, -0.15) is 0 Å². The van der Waals surface area contributed by atoms with E-state index in [1.807, 2.05) is 19.1 Å². The second-order valence-corrected chi connectivity index (χ2v) is 7.07. The highest BCUT2D eigenvalue weighted by molar-refractivity contribution is 7.97. The molecular formula is C18H20N2O2S. The Balaban J connectivity index is 1.51. The van der Waals surface area contributed by atoms with Gasteiger partial charge in [-0.05, 0) is 79.8 Å². The maximum atomic E-state index is 12.3. The summed E-state index contributed by atoms with van der Waals surface area (Å²) in [6.07, 6.45) is 6.80. The zero-order valence-electron chi connectivity index (χ0n) is 13.2. The summed E-state index contributed by atoms with van der Waals surface area (Å²) in [5.41, 5.74) is 6.62. The van der Waals surface area contributed by atoms with E-state index >= 15 is 0 Å². The van der Waals surface area contributed by atoms with Crippen molar-refractivity contribution in [3.05, 3.63) is 46.2 Å². The molecule has 2 amide bonds. The van der Waals surface area contributed by atoms with Crippen LogP contribution in [0.2, 0.25) is 0 Å². The zero-order chi connectivity index (χ0) is 15.8. The fraction of sp³-hybridized carbons (Fsp3) is 0.389. The van der Waals surface area contributed by atoms with Crippen molar-refractivity contribution >= 4 is 23.7 Å². The second kappa shape index (κ2) is 5.96. The highest BCUT2D eigenvalue weighted by Crippen LogP contribution is 2.38. The van der Waals surface area contributed by atoms with Crippen LogP contribution in [0.25, 0.3) is 0 Å². The summed E-state index contributed by atoms with van der Waals surface area (Å²) in [4.78, 5) is 12.3. The van der Waals surface area contributed by atoms with E-state index in [2.05, 4.69) is 16.1 Å². The van der Waals surface area contributed by atoms with Crippen LogP contribution in [-0.2, 0) is 25.7 Å². The van der Waals surface area contributed by atoms with Crippen LogP contribution in [0.15, 0.2) is 27.7 Å². The molecule has 0 bridgehead atoms. The van der Waals surface area contributed by atoms with Gasteiger partial charge in [0.2, 0.25) is 0 Å². The first-order valence-electron chi connectivity index (χ1n) is 8.17. The number of carbonyl (C=O) groups is 1. The third-order valence-electron chi connectivity index (χ3n) is 4.67. The predicted molar refractivity (Wildman–Crippen MR) is 91.9 cm³/mol. The van der Waals surface area contributed by atoms with Crippen molar-refractivity contribution in [1.82, 2.24) is 4.72 Å². The first-order valence-corrected chi connectivity index (χ1v) is 8.99. The molecule has 1 aromatic heterocycles. The molecule has 1 heterocycles. The summed E-state index contributed by atoms with van der Waals surface area (Å²) in [7, 11) is 0. The molecule has 4 nitrogen and oxygen atoms in total. The van der Waals surface area contributed by atoms with Crippen LogP contribution in [0.5, 0.6) is 0 Å². The molecule has 0 unspecified atom stereocenters. The van der Waals surface area contributed by atoms with Crippen LogP contribution in [-0.4, -0.2) is 6.03 Å². The molecule has 1 aromatic carbocycles. The van der Waals surface area contributed by atoms with Gasteiger partial charge in [0.05, 0.1) is 0 Å². The van der Waals surface area contributed by atoms with E-state index in [4.69, 9.17) is 4.42 Å². The van der Waals surface area contributed by atoms with Crippen molar-refractivity contribution in [3.63, 3.8) is 0 Å². The molecule has 23 heavy (non-hydrogen) atoms. The average molecular weight is 328 g/mol. The Kier molecular flexibility index (Phi) is 3.81. The molecule has 2 aromatic rings. The fourth-order valence-corrected chi connectivity index (χ4v) is 4.22. The van der Waals surface area contributed by atoms with E-state index < -0.39 is 0 Å². The Morgan fingerprint density at radius 2 is 1.78 bits per heavy atom. The normalized spacial score (nSPS) is 15.3. The number of urea groups is 1. The van der Waals surface area contributed by atoms with Gasteiger partial charge >= 0.3 is 6.03 Å². The molecule has 0 saturated carbocycles. The lowest BCUT2D eigenvalue weighted by molar-refractivity contribution is 0.257. The number of fused-ring (bicyclic) bond motifs is 2. The van der Waals surface area contributed by atoms with E-state index in [9.17, 15) is 4.79 Å². The van der Waals surface area contributed by atoms with Crippen LogP contribution < -0.4 is 10.0 Å².